The SMILES string of the molecule is CNC(CCC1CC1)C(C)(C)c1ccccc1. The fourth-order valence-electron chi connectivity index (χ4n) is 2.74. The molecule has 1 N–H and O–H groups in total. The van der Waals surface area contributed by atoms with Crippen LogP contribution in [0.3, 0.4) is 0 Å². The Hall–Kier alpha value is -0.820. The molecule has 1 aromatic carbocycles. The van der Waals surface area contributed by atoms with Crippen molar-refractivity contribution in [1.82, 2.24) is 5.32 Å². The molecule has 1 aliphatic rings. The van der Waals surface area contributed by atoms with E-state index in [1.54, 1.807) is 0 Å². The van der Waals surface area contributed by atoms with Crippen LogP contribution in [0, 0.1) is 5.92 Å². The Morgan fingerprint density at radius 2 is 1.88 bits per heavy atom. The van der Waals surface area contributed by atoms with Crippen LogP contribution in [0.4, 0.5) is 0 Å². The molecule has 94 valence electrons. The molecular weight excluding hydrogens is 206 g/mol. The van der Waals surface area contributed by atoms with Gasteiger partial charge in [-0.3, -0.25) is 0 Å². The van der Waals surface area contributed by atoms with Gasteiger partial charge in [0.05, 0.1) is 0 Å². The van der Waals surface area contributed by atoms with Crippen molar-refractivity contribution in [2.24, 2.45) is 5.92 Å². The van der Waals surface area contributed by atoms with Gasteiger partial charge in [-0.1, -0.05) is 57.0 Å². The van der Waals surface area contributed by atoms with E-state index in [-0.39, 0.29) is 5.41 Å². The van der Waals surface area contributed by atoms with Crippen molar-refractivity contribution in [3.8, 4) is 0 Å². The molecule has 0 amide bonds. The molecule has 0 aromatic heterocycles. The van der Waals surface area contributed by atoms with E-state index in [9.17, 15) is 0 Å². The first-order valence-corrected chi connectivity index (χ1v) is 6.87. The highest BCUT2D eigenvalue weighted by molar-refractivity contribution is 5.25. The van der Waals surface area contributed by atoms with Crippen molar-refractivity contribution in [2.45, 2.75) is 51.0 Å². The average molecular weight is 231 g/mol. The van der Waals surface area contributed by atoms with Crippen LogP contribution in [0.1, 0.15) is 45.1 Å². The quantitative estimate of drug-likeness (QED) is 0.786. The lowest BCUT2D eigenvalue weighted by Gasteiger charge is -2.35. The van der Waals surface area contributed by atoms with E-state index in [4.69, 9.17) is 0 Å². The van der Waals surface area contributed by atoms with Crippen LogP contribution in [0.2, 0.25) is 0 Å². The van der Waals surface area contributed by atoms with Gasteiger partial charge in [0.25, 0.3) is 0 Å². The molecule has 1 atom stereocenters. The summed E-state index contributed by atoms with van der Waals surface area (Å²) in [6.07, 6.45) is 5.61. The Morgan fingerprint density at radius 1 is 1.24 bits per heavy atom. The summed E-state index contributed by atoms with van der Waals surface area (Å²) in [5.74, 6) is 1.03. The first kappa shape index (κ1) is 12.6. The number of benzene rings is 1. The van der Waals surface area contributed by atoms with Crippen LogP contribution in [-0.2, 0) is 5.41 Å². The van der Waals surface area contributed by atoms with Crippen LogP contribution in [0.5, 0.6) is 0 Å². The maximum absolute atomic E-state index is 3.52. The van der Waals surface area contributed by atoms with E-state index < -0.39 is 0 Å². The van der Waals surface area contributed by atoms with E-state index in [0.717, 1.165) is 5.92 Å². The van der Waals surface area contributed by atoms with E-state index >= 15 is 0 Å². The third-order valence-corrected chi connectivity index (χ3v) is 4.30. The predicted molar refractivity (Wildman–Crippen MR) is 74.3 cm³/mol. The topological polar surface area (TPSA) is 12.0 Å². The molecule has 0 aliphatic heterocycles. The zero-order valence-electron chi connectivity index (χ0n) is 11.4. The summed E-state index contributed by atoms with van der Waals surface area (Å²) in [6, 6.07) is 11.5. The molecule has 1 unspecified atom stereocenters. The van der Waals surface area contributed by atoms with Gasteiger partial charge in [-0.25, -0.2) is 0 Å². The van der Waals surface area contributed by atoms with Gasteiger partial charge in [-0.15, -0.1) is 0 Å². The highest BCUT2D eigenvalue weighted by Gasteiger charge is 2.31. The largest absolute Gasteiger partial charge is 0.316 e. The molecule has 0 heterocycles. The van der Waals surface area contributed by atoms with Crippen molar-refractivity contribution < 1.29 is 0 Å². The third-order valence-electron chi connectivity index (χ3n) is 4.30. The minimum absolute atomic E-state index is 0.213. The highest BCUT2D eigenvalue weighted by Crippen LogP contribution is 2.37. The lowest BCUT2D eigenvalue weighted by molar-refractivity contribution is 0.329. The second-order valence-corrected chi connectivity index (χ2v) is 5.95. The zero-order chi connectivity index (χ0) is 12.3. The number of hydrogen-bond donors (Lipinski definition) is 1. The maximum atomic E-state index is 3.52. The Kier molecular flexibility index (Phi) is 3.88. The second kappa shape index (κ2) is 5.22. The molecule has 0 radical (unpaired) electrons. The van der Waals surface area contributed by atoms with Crippen molar-refractivity contribution in [3.05, 3.63) is 35.9 Å². The maximum Gasteiger partial charge on any atom is 0.0156 e. The fraction of sp³-hybridized carbons (Fsp3) is 0.625. The van der Waals surface area contributed by atoms with E-state index in [2.05, 4.69) is 56.5 Å². The average Bonchev–Trinajstić information content (AvgIpc) is 3.15. The lowest BCUT2D eigenvalue weighted by Crippen LogP contribution is -2.43. The molecule has 1 fully saturated rings. The second-order valence-electron chi connectivity index (χ2n) is 5.95. The molecule has 1 saturated carbocycles. The molecule has 1 nitrogen and oxygen atoms in total. The minimum Gasteiger partial charge on any atom is -0.316 e. The van der Waals surface area contributed by atoms with Gasteiger partial charge in [-0.05, 0) is 31.4 Å². The summed E-state index contributed by atoms with van der Waals surface area (Å²) < 4.78 is 0. The zero-order valence-corrected chi connectivity index (χ0v) is 11.4. The standard InChI is InChI=1S/C16H25N/c1-16(2,14-7-5-4-6-8-14)15(17-3)12-11-13-9-10-13/h4-8,13,15,17H,9-12H2,1-3H3. The number of hydrogen-bond acceptors (Lipinski definition) is 1. The van der Waals surface area contributed by atoms with Gasteiger partial charge in [0.15, 0.2) is 0 Å². The van der Waals surface area contributed by atoms with Crippen LogP contribution >= 0.6 is 0 Å². The van der Waals surface area contributed by atoms with Gasteiger partial charge >= 0.3 is 0 Å². The molecule has 1 aromatic rings. The summed E-state index contributed by atoms with van der Waals surface area (Å²) in [5.41, 5.74) is 1.65. The van der Waals surface area contributed by atoms with Gasteiger partial charge < -0.3 is 5.32 Å². The monoisotopic (exact) mass is 231 g/mol. The van der Waals surface area contributed by atoms with Crippen LogP contribution < -0.4 is 5.32 Å². The van der Waals surface area contributed by atoms with Crippen molar-refractivity contribution >= 4 is 0 Å². The first-order chi connectivity index (χ1) is 8.14. The predicted octanol–water partition coefficient (Wildman–Crippen LogP) is 3.74. The van der Waals surface area contributed by atoms with Gasteiger partial charge in [-0.2, -0.15) is 0 Å². The first-order valence-electron chi connectivity index (χ1n) is 6.87. The van der Waals surface area contributed by atoms with Gasteiger partial charge in [0.2, 0.25) is 0 Å². The molecular formula is C16H25N. The summed E-state index contributed by atoms with van der Waals surface area (Å²) in [5, 5.41) is 3.52. The summed E-state index contributed by atoms with van der Waals surface area (Å²) in [7, 11) is 2.10. The molecule has 0 saturated heterocycles. The van der Waals surface area contributed by atoms with Gasteiger partial charge in [0, 0.05) is 11.5 Å². The minimum atomic E-state index is 0.213. The Bertz CT molecular complexity index is 338. The summed E-state index contributed by atoms with van der Waals surface area (Å²) >= 11 is 0. The Labute approximate surface area is 106 Å². The third kappa shape index (κ3) is 3.10. The number of nitrogens with one attached hydrogen (secondary N) is 1. The van der Waals surface area contributed by atoms with Crippen molar-refractivity contribution in [2.75, 3.05) is 7.05 Å². The van der Waals surface area contributed by atoms with Crippen LogP contribution in [0.15, 0.2) is 30.3 Å². The number of rotatable bonds is 6. The van der Waals surface area contributed by atoms with E-state index in [0.29, 0.717) is 6.04 Å². The van der Waals surface area contributed by atoms with Crippen molar-refractivity contribution in [1.29, 1.82) is 0 Å². The normalized spacial score (nSPS) is 18.1. The smallest absolute Gasteiger partial charge is 0.0156 e. The molecule has 1 heteroatoms. The summed E-state index contributed by atoms with van der Waals surface area (Å²) in [6.45, 7) is 4.72. The molecule has 1 aliphatic carbocycles. The van der Waals surface area contributed by atoms with E-state index in [1.165, 1.54) is 31.2 Å². The Morgan fingerprint density at radius 3 is 2.41 bits per heavy atom. The molecule has 2 rings (SSSR count). The van der Waals surface area contributed by atoms with Crippen molar-refractivity contribution in [3.63, 3.8) is 0 Å². The lowest BCUT2D eigenvalue weighted by atomic mass is 9.76. The van der Waals surface area contributed by atoms with Gasteiger partial charge in [0.1, 0.15) is 0 Å². The van der Waals surface area contributed by atoms with Crippen LogP contribution in [0.25, 0.3) is 0 Å². The van der Waals surface area contributed by atoms with Crippen LogP contribution in [-0.4, -0.2) is 13.1 Å². The van der Waals surface area contributed by atoms with E-state index in [1.807, 2.05) is 0 Å². The Balaban J connectivity index is 2.04. The number of likely N-dealkylation sites (N-methyl/N-ethyl adjacent to an activating group) is 1. The molecule has 0 bridgehead atoms. The fourth-order valence-corrected chi connectivity index (χ4v) is 2.74. The molecule has 0 spiro atoms. The molecule has 17 heavy (non-hydrogen) atoms. The highest BCUT2D eigenvalue weighted by atomic mass is 14.9. The summed E-state index contributed by atoms with van der Waals surface area (Å²) in [4.78, 5) is 0.